The molecule has 0 atom stereocenters. The van der Waals surface area contributed by atoms with Gasteiger partial charge in [-0.3, -0.25) is 14.9 Å². The number of carbonyl (C=O) groups excluding carboxylic acids is 1. The third-order valence-electron chi connectivity index (χ3n) is 4.41. The van der Waals surface area contributed by atoms with E-state index in [-0.39, 0.29) is 11.3 Å². The van der Waals surface area contributed by atoms with Crippen molar-refractivity contribution in [3.8, 4) is 11.8 Å². The van der Waals surface area contributed by atoms with Crippen LogP contribution in [0.5, 0.6) is 0 Å². The van der Waals surface area contributed by atoms with E-state index in [0.29, 0.717) is 17.1 Å². The summed E-state index contributed by atoms with van der Waals surface area (Å²) in [5.41, 5.74) is 3.86. The van der Waals surface area contributed by atoms with E-state index in [1.54, 1.807) is 41.1 Å². The molecule has 0 unspecified atom stereocenters. The van der Waals surface area contributed by atoms with Crippen LogP contribution in [0, 0.1) is 35.3 Å². The van der Waals surface area contributed by atoms with Crippen molar-refractivity contribution in [2.24, 2.45) is 0 Å². The first kappa shape index (κ1) is 19.6. The van der Waals surface area contributed by atoms with E-state index in [0.717, 1.165) is 11.1 Å². The lowest BCUT2D eigenvalue weighted by atomic mass is 10.1. The summed E-state index contributed by atoms with van der Waals surface area (Å²) in [6.07, 6.45) is 3.24. The number of aromatic nitrogens is 1. The van der Waals surface area contributed by atoms with Gasteiger partial charge in [-0.05, 0) is 55.8 Å². The Bertz CT molecular complexity index is 1150. The third-order valence-corrected chi connectivity index (χ3v) is 4.41. The van der Waals surface area contributed by atoms with Crippen LogP contribution < -0.4 is 5.32 Å². The number of hydrogen-bond donors (Lipinski definition) is 1. The topological polar surface area (TPSA) is 101 Å². The van der Waals surface area contributed by atoms with E-state index < -0.39 is 10.8 Å². The van der Waals surface area contributed by atoms with Gasteiger partial charge in [0.05, 0.1) is 4.92 Å². The van der Waals surface area contributed by atoms with Gasteiger partial charge >= 0.3 is 0 Å². The number of amides is 1. The highest BCUT2D eigenvalue weighted by atomic mass is 16.6. The average molecular weight is 386 g/mol. The van der Waals surface area contributed by atoms with E-state index >= 15 is 0 Å². The molecule has 0 aliphatic heterocycles. The molecule has 0 spiro atoms. The van der Waals surface area contributed by atoms with Gasteiger partial charge in [0.2, 0.25) is 0 Å². The van der Waals surface area contributed by atoms with Gasteiger partial charge in [-0.2, -0.15) is 5.26 Å². The van der Waals surface area contributed by atoms with Crippen LogP contribution in [0.2, 0.25) is 0 Å². The summed E-state index contributed by atoms with van der Waals surface area (Å²) in [5.74, 6) is -0.504. The molecule has 29 heavy (non-hydrogen) atoms. The van der Waals surface area contributed by atoms with Crippen LogP contribution in [0.15, 0.2) is 66.4 Å². The molecule has 144 valence electrons. The molecule has 0 fully saturated rings. The zero-order chi connectivity index (χ0) is 21.0. The molecule has 7 nitrogen and oxygen atoms in total. The van der Waals surface area contributed by atoms with Gasteiger partial charge in [-0.15, -0.1) is 0 Å². The van der Waals surface area contributed by atoms with E-state index in [9.17, 15) is 20.2 Å². The van der Waals surface area contributed by atoms with E-state index in [2.05, 4.69) is 5.32 Å². The molecule has 0 aliphatic carbocycles. The molecule has 1 heterocycles. The minimum atomic E-state index is -0.504. The lowest BCUT2D eigenvalue weighted by Gasteiger charge is -2.09. The van der Waals surface area contributed by atoms with Crippen molar-refractivity contribution in [3.05, 3.63) is 93.3 Å². The molecule has 1 amide bonds. The highest BCUT2D eigenvalue weighted by molar-refractivity contribution is 6.09. The molecular weight excluding hydrogens is 368 g/mol. The Balaban J connectivity index is 1.88. The smallest absolute Gasteiger partial charge is 0.269 e. The van der Waals surface area contributed by atoms with E-state index in [4.69, 9.17) is 0 Å². The summed E-state index contributed by atoms with van der Waals surface area (Å²) >= 11 is 0. The molecule has 0 bridgehead atoms. The van der Waals surface area contributed by atoms with Crippen LogP contribution in [-0.2, 0) is 4.79 Å². The van der Waals surface area contributed by atoms with Gasteiger partial charge in [-0.25, -0.2) is 0 Å². The highest BCUT2D eigenvalue weighted by Crippen LogP contribution is 2.20. The Kier molecular flexibility index (Phi) is 5.56. The maximum absolute atomic E-state index is 12.6. The molecule has 1 N–H and O–H groups in total. The summed E-state index contributed by atoms with van der Waals surface area (Å²) < 4.78 is 1.74. The molecule has 0 saturated carbocycles. The molecule has 2 aromatic carbocycles. The number of hydrogen-bond acceptors (Lipinski definition) is 4. The number of carbonyl (C=O) groups is 1. The number of aryl methyl sites for hydroxylation is 2. The maximum Gasteiger partial charge on any atom is 0.269 e. The van der Waals surface area contributed by atoms with Crippen LogP contribution in [0.3, 0.4) is 0 Å². The van der Waals surface area contributed by atoms with Crippen molar-refractivity contribution in [2.75, 3.05) is 5.32 Å². The number of rotatable bonds is 5. The van der Waals surface area contributed by atoms with Gasteiger partial charge in [0.1, 0.15) is 11.6 Å². The molecular formula is C22H18N4O3. The Hall–Kier alpha value is -4.18. The molecule has 0 aliphatic rings. The third kappa shape index (κ3) is 4.39. The number of benzene rings is 2. The summed E-state index contributed by atoms with van der Waals surface area (Å²) in [5, 5.41) is 23.1. The molecule has 7 heteroatoms. The van der Waals surface area contributed by atoms with Crippen molar-refractivity contribution in [2.45, 2.75) is 13.8 Å². The second-order valence-electron chi connectivity index (χ2n) is 6.52. The summed E-state index contributed by atoms with van der Waals surface area (Å²) in [4.78, 5) is 22.9. The lowest BCUT2D eigenvalue weighted by molar-refractivity contribution is -0.384. The number of nitrogens with one attached hydrogen (secondary N) is 1. The minimum Gasteiger partial charge on any atom is -0.321 e. The fourth-order valence-corrected chi connectivity index (χ4v) is 2.92. The summed E-state index contributed by atoms with van der Waals surface area (Å²) in [6, 6.07) is 17.1. The Morgan fingerprint density at radius 3 is 2.52 bits per heavy atom. The van der Waals surface area contributed by atoms with Crippen molar-refractivity contribution in [1.82, 2.24) is 4.57 Å². The first-order valence-corrected chi connectivity index (χ1v) is 8.81. The second-order valence-corrected chi connectivity index (χ2v) is 6.52. The van der Waals surface area contributed by atoms with Crippen molar-refractivity contribution in [1.29, 1.82) is 5.26 Å². The van der Waals surface area contributed by atoms with Crippen LogP contribution in [0.1, 0.15) is 16.8 Å². The zero-order valence-corrected chi connectivity index (χ0v) is 15.9. The van der Waals surface area contributed by atoms with Crippen molar-refractivity contribution < 1.29 is 9.72 Å². The minimum absolute atomic E-state index is 0.0106. The maximum atomic E-state index is 12.6. The molecule has 1 aromatic heterocycles. The Morgan fingerprint density at radius 1 is 1.17 bits per heavy atom. The van der Waals surface area contributed by atoms with Crippen molar-refractivity contribution in [3.63, 3.8) is 0 Å². The molecule has 3 rings (SSSR count). The number of anilines is 1. The number of nitrogens with zero attached hydrogens (tertiary/aromatic N) is 3. The quantitative estimate of drug-likeness (QED) is 0.301. The number of nitriles is 1. The second kappa shape index (κ2) is 8.23. The number of nitro benzene ring substituents is 1. The largest absolute Gasteiger partial charge is 0.321 e. The monoisotopic (exact) mass is 386 g/mol. The van der Waals surface area contributed by atoms with Crippen LogP contribution in [0.25, 0.3) is 11.8 Å². The molecule has 3 aromatic rings. The Morgan fingerprint density at radius 2 is 1.90 bits per heavy atom. The summed E-state index contributed by atoms with van der Waals surface area (Å²) in [7, 11) is 0. The predicted octanol–water partition coefficient (Wildman–Crippen LogP) is 4.55. The van der Waals surface area contributed by atoms with Gasteiger partial charge in [-0.1, -0.05) is 17.7 Å². The van der Waals surface area contributed by atoms with Gasteiger partial charge in [0.15, 0.2) is 0 Å². The fraction of sp³-hybridized carbons (Fsp3) is 0.0909. The van der Waals surface area contributed by atoms with Crippen LogP contribution >= 0.6 is 0 Å². The molecule has 0 saturated heterocycles. The normalized spacial score (nSPS) is 11.0. The summed E-state index contributed by atoms with van der Waals surface area (Å²) in [6.45, 7) is 3.85. The van der Waals surface area contributed by atoms with Gasteiger partial charge in [0, 0.05) is 35.4 Å². The van der Waals surface area contributed by atoms with E-state index in [1.807, 2.05) is 32.0 Å². The fourth-order valence-electron chi connectivity index (χ4n) is 2.92. The van der Waals surface area contributed by atoms with Crippen LogP contribution in [0.4, 0.5) is 11.4 Å². The zero-order valence-electron chi connectivity index (χ0n) is 15.9. The molecule has 0 radical (unpaired) electrons. The van der Waals surface area contributed by atoms with Gasteiger partial charge in [0.25, 0.3) is 11.6 Å². The Labute approximate surface area is 167 Å². The average Bonchev–Trinajstić information content (AvgIpc) is 3.16. The standard InChI is InChI=1S/C22H18N4O3/c1-15-5-10-21(16(2)12-15)24-22(27)17(14-23)13-20-4-3-11-25(20)18-6-8-19(9-7-18)26(28)29/h3-13H,1-2H3,(H,24,27)/b17-13+. The van der Waals surface area contributed by atoms with Gasteiger partial charge < -0.3 is 9.88 Å². The first-order chi connectivity index (χ1) is 13.9. The van der Waals surface area contributed by atoms with E-state index in [1.165, 1.54) is 18.2 Å². The predicted molar refractivity (Wildman–Crippen MR) is 111 cm³/mol. The highest BCUT2D eigenvalue weighted by Gasteiger charge is 2.13. The van der Waals surface area contributed by atoms with Crippen molar-refractivity contribution >= 4 is 23.4 Å². The number of nitro groups is 1. The number of non-ortho nitro benzene ring substituents is 1. The van der Waals surface area contributed by atoms with Crippen LogP contribution in [-0.4, -0.2) is 15.4 Å². The SMILES string of the molecule is Cc1ccc(NC(=O)/C(C#N)=C/c2cccn2-c2ccc([N+](=O)[O-])cc2)c(C)c1. The lowest BCUT2D eigenvalue weighted by Crippen LogP contribution is -2.14. The first-order valence-electron chi connectivity index (χ1n) is 8.81.